The number of carbonyl (C=O) groups excluding carboxylic acids is 4. The van der Waals surface area contributed by atoms with Crippen LogP contribution in [0, 0.1) is 0 Å². The molecule has 0 aromatic rings. The first-order valence-corrected chi connectivity index (χ1v) is 17.3. The molecule has 3 atom stereocenters. The van der Waals surface area contributed by atoms with Crippen LogP contribution in [0.3, 0.4) is 0 Å². The Labute approximate surface area is 257 Å². The zero-order valence-electron chi connectivity index (χ0n) is 26.7. The molecule has 0 saturated heterocycles. The normalized spacial score (nSPS) is 13.9. The molecule has 13 heteroatoms. The maximum Gasteiger partial charge on any atom is 0.472 e. The van der Waals surface area contributed by atoms with Crippen molar-refractivity contribution in [3.63, 3.8) is 0 Å². The number of ether oxygens (including phenoxy) is 4. The van der Waals surface area contributed by atoms with Crippen molar-refractivity contribution in [2.75, 3.05) is 26.4 Å². The first kappa shape index (κ1) is 41.0. The van der Waals surface area contributed by atoms with Crippen LogP contribution in [0.1, 0.15) is 130 Å². The molecular weight excluding hydrogens is 583 g/mol. The van der Waals surface area contributed by atoms with Crippen molar-refractivity contribution >= 4 is 31.7 Å². The molecule has 0 aliphatic carbocycles. The lowest BCUT2D eigenvalue weighted by molar-refractivity contribution is -0.162. The standard InChI is InChI=1S/C30H55O12P/c1-5-8-9-10-11-12-13-14-15-16-17-20-30(34)42-26(21-37-25(4)31)23-39-43(35,36)40-24-27(41-29(33)19-7-3)22-38-28(32)18-6-2/h26-27H,5-24H2,1-4H3,(H,35,36)/t26-,27?/m1/s1. The van der Waals surface area contributed by atoms with Gasteiger partial charge in [-0.3, -0.25) is 28.2 Å². The summed E-state index contributed by atoms with van der Waals surface area (Å²) in [6, 6.07) is 0. The largest absolute Gasteiger partial charge is 0.472 e. The minimum absolute atomic E-state index is 0.106. The first-order valence-electron chi connectivity index (χ1n) is 15.8. The molecule has 0 rings (SSSR count). The molecular formula is C30H55O12P. The molecule has 0 aromatic heterocycles. The van der Waals surface area contributed by atoms with Gasteiger partial charge in [-0.2, -0.15) is 0 Å². The van der Waals surface area contributed by atoms with E-state index in [0.717, 1.165) is 19.3 Å². The lowest BCUT2D eigenvalue weighted by atomic mass is 10.1. The summed E-state index contributed by atoms with van der Waals surface area (Å²) in [5, 5.41) is 0. The van der Waals surface area contributed by atoms with E-state index in [1.165, 1.54) is 51.9 Å². The Morgan fingerprint density at radius 3 is 1.44 bits per heavy atom. The van der Waals surface area contributed by atoms with Crippen LogP contribution in [-0.2, 0) is 51.7 Å². The third kappa shape index (κ3) is 26.1. The molecule has 0 bridgehead atoms. The lowest BCUT2D eigenvalue weighted by Gasteiger charge is -2.21. The number of hydrogen-bond donors (Lipinski definition) is 1. The van der Waals surface area contributed by atoms with E-state index in [4.69, 9.17) is 28.0 Å². The Morgan fingerprint density at radius 2 is 0.977 bits per heavy atom. The second kappa shape index (κ2) is 26.4. The van der Waals surface area contributed by atoms with Gasteiger partial charge in [0.15, 0.2) is 12.2 Å². The second-order valence-corrected chi connectivity index (χ2v) is 12.0. The third-order valence-electron chi connectivity index (χ3n) is 6.24. The molecule has 12 nitrogen and oxygen atoms in total. The fourth-order valence-electron chi connectivity index (χ4n) is 3.92. The molecule has 252 valence electrons. The summed E-state index contributed by atoms with van der Waals surface area (Å²) in [6.07, 6.45) is 11.7. The van der Waals surface area contributed by atoms with E-state index in [0.29, 0.717) is 19.3 Å². The number of esters is 4. The molecule has 0 saturated carbocycles. The Balaban J connectivity index is 4.66. The van der Waals surface area contributed by atoms with E-state index >= 15 is 0 Å². The zero-order chi connectivity index (χ0) is 32.3. The van der Waals surface area contributed by atoms with Crippen LogP contribution in [-0.4, -0.2) is 67.4 Å². The van der Waals surface area contributed by atoms with Crippen molar-refractivity contribution in [1.82, 2.24) is 0 Å². The van der Waals surface area contributed by atoms with Gasteiger partial charge in [0, 0.05) is 26.2 Å². The van der Waals surface area contributed by atoms with Crippen molar-refractivity contribution in [2.24, 2.45) is 0 Å². The van der Waals surface area contributed by atoms with Gasteiger partial charge in [-0.1, -0.05) is 85.0 Å². The summed E-state index contributed by atoms with van der Waals surface area (Å²) in [5.74, 6) is -2.25. The van der Waals surface area contributed by atoms with Crippen LogP contribution in [0.5, 0.6) is 0 Å². The fourth-order valence-corrected chi connectivity index (χ4v) is 4.71. The van der Waals surface area contributed by atoms with Crippen LogP contribution in [0.2, 0.25) is 0 Å². The fraction of sp³-hybridized carbons (Fsp3) is 0.867. The lowest BCUT2D eigenvalue weighted by Crippen LogP contribution is -2.30. The number of hydrogen-bond acceptors (Lipinski definition) is 11. The number of carbonyl (C=O) groups is 4. The van der Waals surface area contributed by atoms with Gasteiger partial charge in [0.25, 0.3) is 0 Å². The molecule has 0 aliphatic rings. The highest BCUT2D eigenvalue weighted by Gasteiger charge is 2.28. The summed E-state index contributed by atoms with van der Waals surface area (Å²) in [7, 11) is -4.72. The minimum Gasteiger partial charge on any atom is -0.462 e. The van der Waals surface area contributed by atoms with Gasteiger partial charge in [0.05, 0.1) is 13.2 Å². The number of unbranched alkanes of at least 4 members (excludes halogenated alkanes) is 10. The molecule has 0 aliphatic heterocycles. The van der Waals surface area contributed by atoms with Crippen molar-refractivity contribution in [3.8, 4) is 0 Å². The maximum atomic E-state index is 12.5. The van der Waals surface area contributed by atoms with E-state index in [2.05, 4.69) is 6.92 Å². The highest BCUT2D eigenvalue weighted by Crippen LogP contribution is 2.43. The van der Waals surface area contributed by atoms with Gasteiger partial charge in [-0.05, 0) is 19.3 Å². The quantitative estimate of drug-likeness (QED) is 0.0438. The molecule has 1 N–H and O–H groups in total. The highest BCUT2D eigenvalue weighted by molar-refractivity contribution is 7.47. The predicted octanol–water partition coefficient (Wildman–Crippen LogP) is 6.35. The zero-order valence-corrected chi connectivity index (χ0v) is 27.6. The Bertz CT molecular complexity index is 819. The maximum absolute atomic E-state index is 12.5. The first-order chi connectivity index (χ1) is 20.5. The van der Waals surface area contributed by atoms with Crippen LogP contribution < -0.4 is 0 Å². The topological polar surface area (TPSA) is 161 Å². The average molecular weight is 639 g/mol. The molecule has 2 unspecified atom stereocenters. The molecule has 0 aromatic carbocycles. The van der Waals surface area contributed by atoms with E-state index in [9.17, 15) is 28.6 Å². The smallest absolute Gasteiger partial charge is 0.462 e. The van der Waals surface area contributed by atoms with Crippen LogP contribution in [0.4, 0.5) is 0 Å². The Morgan fingerprint density at radius 1 is 0.558 bits per heavy atom. The Kier molecular flexibility index (Phi) is 25.2. The molecule has 0 radical (unpaired) electrons. The van der Waals surface area contributed by atoms with Gasteiger partial charge in [-0.25, -0.2) is 4.57 Å². The van der Waals surface area contributed by atoms with Gasteiger partial charge in [0.1, 0.15) is 13.2 Å². The van der Waals surface area contributed by atoms with Crippen molar-refractivity contribution < 1.29 is 56.6 Å². The number of phosphoric acid groups is 1. The molecule has 0 amide bonds. The molecule has 0 fully saturated rings. The predicted molar refractivity (Wildman–Crippen MR) is 160 cm³/mol. The van der Waals surface area contributed by atoms with Crippen LogP contribution in [0.25, 0.3) is 0 Å². The monoisotopic (exact) mass is 638 g/mol. The SMILES string of the molecule is CCCCCCCCCCCCCC(=O)O[C@H](COC(C)=O)COP(=O)(O)OCC(COC(=O)CCC)OC(=O)CCC. The number of phosphoric ester groups is 1. The van der Waals surface area contributed by atoms with Crippen molar-refractivity contribution in [1.29, 1.82) is 0 Å². The van der Waals surface area contributed by atoms with Gasteiger partial charge >= 0.3 is 31.7 Å². The van der Waals surface area contributed by atoms with Crippen LogP contribution in [0.15, 0.2) is 0 Å². The van der Waals surface area contributed by atoms with Crippen molar-refractivity contribution in [2.45, 2.75) is 143 Å². The minimum atomic E-state index is -4.72. The third-order valence-corrected chi connectivity index (χ3v) is 7.19. The summed E-state index contributed by atoms with van der Waals surface area (Å²) in [6.45, 7) is 5.06. The average Bonchev–Trinajstić information content (AvgIpc) is 2.95. The van der Waals surface area contributed by atoms with E-state index in [1.807, 2.05) is 0 Å². The van der Waals surface area contributed by atoms with Gasteiger partial charge < -0.3 is 23.8 Å². The van der Waals surface area contributed by atoms with E-state index in [1.54, 1.807) is 13.8 Å². The van der Waals surface area contributed by atoms with Crippen molar-refractivity contribution in [3.05, 3.63) is 0 Å². The summed E-state index contributed by atoms with van der Waals surface area (Å²) in [5.41, 5.74) is 0. The molecule has 0 spiro atoms. The van der Waals surface area contributed by atoms with Gasteiger partial charge in [0.2, 0.25) is 0 Å². The van der Waals surface area contributed by atoms with E-state index < -0.39 is 57.1 Å². The van der Waals surface area contributed by atoms with Crippen LogP contribution >= 0.6 is 7.82 Å². The number of rotatable bonds is 28. The Hall–Kier alpha value is -2.01. The summed E-state index contributed by atoms with van der Waals surface area (Å²) in [4.78, 5) is 57.4. The highest BCUT2D eigenvalue weighted by atomic mass is 31.2. The van der Waals surface area contributed by atoms with Gasteiger partial charge in [-0.15, -0.1) is 0 Å². The second-order valence-electron chi connectivity index (χ2n) is 10.6. The summed E-state index contributed by atoms with van der Waals surface area (Å²) < 4.78 is 42.9. The summed E-state index contributed by atoms with van der Waals surface area (Å²) >= 11 is 0. The molecule has 0 heterocycles. The molecule has 43 heavy (non-hydrogen) atoms. The van der Waals surface area contributed by atoms with E-state index in [-0.39, 0.29) is 32.5 Å².